The zero-order chi connectivity index (χ0) is 23.1. The first-order valence-electron chi connectivity index (χ1n) is 10.0. The number of carboxylic acids is 1. The number of alkyl carbamates (subject to hydrolysis) is 1. The van der Waals surface area contributed by atoms with Gasteiger partial charge in [0, 0.05) is 6.54 Å². The number of aliphatic hydroxyl groups is 3. The van der Waals surface area contributed by atoms with Gasteiger partial charge in [0.25, 0.3) is 0 Å². The van der Waals surface area contributed by atoms with Crippen LogP contribution in [0.3, 0.4) is 0 Å². The summed E-state index contributed by atoms with van der Waals surface area (Å²) in [5.41, 5.74) is -0.737. The quantitative estimate of drug-likeness (QED) is 0.262. The number of hydrogen-bond donors (Lipinski definition) is 6. The molecule has 0 radical (unpaired) electrons. The minimum absolute atomic E-state index is 0.163. The first kappa shape index (κ1) is 26.1. The second-order valence-electron chi connectivity index (χ2n) is 8.44. The molecule has 0 aromatic rings. The van der Waals surface area contributed by atoms with Crippen molar-refractivity contribution in [2.45, 2.75) is 95.5 Å². The lowest BCUT2D eigenvalue weighted by Crippen LogP contribution is -2.57. The van der Waals surface area contributed by atoms with E-state index in [-0.39, 0.29) is 19.4 Å². The van der Waals surface area contributed by atoms with Crippen molar-refractivity contribution in [2.24, 2.45) is 0 Å². The van der Waals surface area contributed by atoms with Gasteiger partial charge < -0.3 is 40.5 Å². The van der Waals surface area contributed by atoms with Gasteiger partial charge in [-0.1, -0.05) is 0 Å². The Morgan fingerprint density at radius 2 is 1.70 bits per heavy atom. The summed E-state index contributed by atoms with van der Waals surface area (Å²) >= 11 is 0. The van der Waals surface area contributed by atoms with Gasteiger partial charge in [0.15, 0.2) is 0 Å². The minimum Gasteiger partial charge on any atom is -0.480 e. The largest absolute Gasteiger partial charge is 0.480 e. The summed E-state index contributed by atoms with van der Waals surface area (Å²) in [5, 5.41) is 43.5. The van der Waals surface area contributed by atoms with Gasteiger partial charge in [-0.25, -0.2) is 9.59 Å². The number of hydrogen-bond acceptors (Lipinski definition) is 8. The Balaban J connectivity index is 2.32. The van der Waals surface area contributed by atoms with Gasteiger partial charge in [0.2, 0.25) is 5.91 Å². The van der Waals surface area contributed by atoms with E-state index in [2.05, 4.69) is 10.6 Å². The molecule has 30 heavy (non-hydrogen) atoms. The van der Waals surface area contributed by atoms with Crippen LogP contribution in [0.1, 0.15) is 53.4 Å². The van der Waals surface area contributed by atoms with Gasteiger partial charge in [-0.05, 0) is 47.0 Å². The SMILES string of the molecule is C[C@@H]1OC(CC(=O)NCCCC[C@H](NC(=O)OC(C)(C)C)C(=O)O)[C@@H](O)[C@H](O)[C@@H]1O. The predicted molar refractivity (Wildman–Crippen MR) is 105 cm³/mol. The number of carbonyl (C=O) groups excluding carboxylic acids is 2. The summed E-state index contributed by atoms with van der Waals surface area (Å²) < 4.78 is 10.4. The summed E-state index contributed by atoms with van der Waals surface area (Å²) in [4.78, 5) is 35.0. The van der Waals surface area contributed by atoms with Crippen LogP contribution in [0.4, 0.5) is 4.79 Å². The van der Waals surface area contributed by atoms with E-state index in [1.807, 2.05) is 0 Å². The maximum absolute atomic E-state index is 12.0. The van der Waals surface area contributed by atoms with Crippen LogP contribution in [0.15, 0.2) is 0 Å². The van der Waals surface area contributed by atoms with Crippen molar-refractivity contribution < 1.29 is 44.3 Å². The highest BCUT2D eigenvalue weighted by Gasteiger charge is 2.42. The van der Waals surface area contributed by atoms with Crippen LogP contribution in [0.5, 0.6) is 0 Å². The normalized spacial score (nSPS) is 27.8. The number of carbonyl (C=O) groups is 3. The summed E-state index contributed by atoms with van der Waals surface area (Å²) in [6, 6.07) is -1.10. The molecule has 0 spiro atoms. The molecule has 1 rings (SSSR count). The molecule has 1 fully saturated rings. The van der Waals surface area contributed by atoms with Crippen molar-refractivity contribution in [2.75, 3.05) is 6.54 Å². The Bertz CT molecular complexity index is 593. The minimum atomic E-state index is -1.39. The fourth-order valence-electron chi connectivity index (χ4n) is 2.97. The van der Waals surface area contributed by atoms with E-state index in [1.165, 1.54) is 6.92 Å². The number of amides is 2. The van der Waals surface area contributed by atoms with Crippen molar-refractivity contribution in [3.63, 3.8) is 0 Å². The molecule has 0 saturated carbocycles. The standard InChI is InChI=1S/C19H34N2O9/c1-10-14(23)16(25)15(24)12(29-10)9-13(22)20-8-6-5-7-11(17(26)27)21-18(28)30-19(2,3)4/h10-12,14-16,23-25H,5-9H2,1-4H3,(H,20,22)(H,21,28)(H,26,27)/t10-,11-,12?,14+,15+,16+/m0/s1. The van der Waals surface area contributed by atoms with Gasteiger partial charge in [-0.3, -0.25) is 4.79 Å². The van der Waals surface area contributed by atoms with Gasteiger partial charge in [-0.2, -0.15) is 0 Å². The van der Waals surface area contributed by atoms with Crippen LogP contribution in [0.25, 0.3) is 0 Å². The van der Waals surface area contributed by atoms with Gasteiger partial charge in [-0.15, -0.1) is 0 Å². The molecule has 1 saturated heterocycles. The maximum Gasteiger partial charge on any atom is 0.408 e. The number of aliphatic hydroxyl groups excluding tert-OH is 3. The molecular formula is C19H34N2O9. The van der Waals surface area contributed by atoms with Crippen LogP contribution >= 0.6 is 0 Å². The van der Waals surface area contributed by atoms with E-state index in [4.69, 9.17) is 9.47 Å². The highest BCUT2D eigenvalue weighted by atomic mass is 16.6. The van der Waals surface area contributed by atoms with E-state index in [1.54, 1.807) is 20.8 Å². The molecule has 1 heterocycles. The Kier molecular flexibility index (Phi) is 9.95. The van der Waals surface area contributed by atoms with E-state index >= 15 is 0 Å². The number of nitrogens with one attached hydrogen (secondary N) is 2. The van der Waals surface area contributed by atoms with Crippen LogP contribution in [-0.4, -0.2) is 87.1 Å². The van der Waals surface area contributed by atoms with Crippen molar-refractivity contribution >= 4 is 18.0 Å². The Morgan fingerprint density at radius 3 is 2.27 bits per heavy atom. The van der Waals surface area contributed by atoms with Crippen molar-refractivity contribution in [1.29, 1.82) is 0 Å². The number of rotatable bonds is 9. The Morgan fingerprint density at radius 1 is 1.07 bits per heavy atom. The zero-order valence-electron chi connectivity index (χ0n) is 17.8. The van der Waals surface area contributed by atoms with Crippen molar-refractivity contribution in [1.82, 2.24) is 10.6 Å². The highest BCUT2D eigenvalue weighted by Crippen LogP contribution is 2.22. The van der Waals surface area contributed by atoms with Gasteiger partial charge in [0.05, 0.1) is 18.6 Å². The Hall–Kier alpha value is -1.95. The number of unbranched alkanes of at least 4 members (excludes halogenated alkanes) is 1. The summed E-state index contributed by atoms with van der Waals surface area (Å²) in [7, 11) is 0. The fourth-order valence-corrected chi connectivity index (χ4v) is 2.97. The Labute approximate surface area is 175 Å². The number of carboxylic acid groups (broad SMARTS) is 1. The second kappa shape index (κ2) is 11.4. The topological polar surface area (TPSA) is 175 Å². The molecule has 1 unspecified atom stereocenters. The molecule has 1 aliphatic heterocycles. The molecule has 6 N–H and O–H groups in total. The first-order valence-corrected chi connectivity index (χ1v) is 10.0. The lowest BCUT2D eigenvalue weighted by atomic mass is 9.94. The third-order valence-corrected chi connectivity index (χ3v) is 4.57. The zero-order valence-corrected chi connectivity index (χ0v) is 17.8. The molecule has 174 valence electrons. The summed E-state index contributed by atoms with van der Waals surface area (Å²) in [6.45, 7) is 6.82. The fraction of sp³-hybridized carbons (Fsp3) is 0.842. The van der Waals surface area contributed by atoms with Crippen LogP contribution in [0.2, 0.25) is 0 Å². The number of aliphatic carboxylic acids is 1. The third kappa shape index (κ3) is 8.82. The third-order valence-electron chi connectivity index (χ3n) is 4.57. The highest BCUT2D eigenvalue weighted by molar-refractivity contribution is 5.80. The van der Waals surface area contributed by atoms with Crippen LogP contribution in [0, 0.1) is 0 Å². The number of ether oxygens (including phenoxy) is 2. The van der Waals surface area contributed by atoms with Gasteiger partial charge >= 0.3 is 12.1 Å². The molecule has 0 bridgehead atoms. The molecule has 0 aliphatic carbocycles. The van der Waals surface area contributed by atoms with Gasteiger partial charge in [0.1, 0.15) is 30.0 Å². The average Bonchev–Trinajstić information content (AvgIpc) is 2.61. The van der Waals surface area contributed by atoms with E-state index in [9.17, 15) is 34.8 Å². The first-order chi connectivity index (χ1) is 13.8. The van der Waals surface area contributed by atoms with Crippen molar-refractivity contribution in [3.05, 3.63) is 0 Å². The molecule has 1 aliphatic rings. The molecule has 11 nitrogen and oxygen atoms in total. The summed E-state index contributed by atoms with van der Waals surface area (Å²) in [5.74, 6) is -1.58. The molecule has 6 atom stereocenters. The van der Waals surface area contributed by atoms with Crippen LogP contribution < -0.4 is 10.6 Å². The molecule has 0 aromatic heterocycles. The maximum atomic E-state index is 12.0. The molecule has 11 heteroatoms. The summed E-state index contributed by atoms with van der Waals surface area (Å²) in [6.07, 6.45) is -5.58. The lowest BCUT2D eigenvalue weighted by molar-refractivity contribution is -0.218. The smallest absolute Gasteiger partial charge is 0.408 e. The molecule has 0 aromatic carbocycles. The lowest BCUT2D eigenvalue weighted by Gasteiger charge is -2.39. The van der Waals surface area contributed by atoms with Crippen molar-refractivity contribution in [3.8, 4) is 0 Å². The average molecular weight is 434 g/mol. The monoisotopic (exact) mass is 434 g/mol. The molecular weight excluding hydrogens is 400 g/mol. The van der Waals surface area contributed by atoms with Crippen LogP contribution in [-0.2, 0) is 19.1 Å². The molecule has 2 amide bonds. The van der Waals surface area contributed by atoms with E-state index in [0.717, 1.165) is 0 Å². The predicted octanol–water partition coefficient (Wildman–Crippen LogP) is -0.489. The van der Waals surface area contributed by atoms with E-state index in [0.29, 0.717) is 12.8 Å². The van der Waals surface area contributed by atoms with E-state index < -0.39 is 60.1 Å². The second-order valence-corrected chi connectivity index (χ2v) is 8.44.